The van der Waals surface area contributed by atoms with E-state index in [1.807, 2.05) is 11.3 Å². The van der Waals surface area contributed by atoms with Crippen molar-refractivity contribution in [1.29, 1.82) is 0 Å². The third-order valence-electron chi connectivity index (χ3n) is 13.2. The van der Waals surface area contributed by atoms with Gasteiger partial charge in [0.15, 0.2) is 0 Å². The Morgan fingerprint density at radius 1 is 0.345 bits per heavy atom. The van der Waals surface area contributed by atoms with Gasteiger partial charge >= 0.3 is 0 Å². The van der Waals surface area contributed by atoms with Gasteiger partial charge in [0, 0.05) is 31.0 Å². The minimum absolute atomic E-state index is 0.0186. The minimum atomic E-state index is -0.0929. The zero-order valence-corrected chi connectivity index (χ0v) is 32.2. The molecule has 1 heterocycles. The lowest BCUT2D eigenvalue weighted by Crippen LogP contribution is -2.14. The highest BCUT2D eigenvalue weighted by Crippen LogP contribution is 2.55. The average Bonchev–Trinajstić information content (AvgIpc) is 3.78. The highest BCUT2D eigenvalue weighted by Gasteiger charge is 2.37. The van der Waals surface area contributed by atoms with Gasteiger partial charge in [-0.2, -0.15) is 0 Å². The summed E-state index contributed by atoms with van der Waals surface area (Å²) in [7, 11) is 0. The second-order valence-electron chi connectivity index (χ2n) is 16.8. The predicted molar refractivity (Wildman–Crippen MR) is 238 cm³/mol. The summed E-state index contributed by atoms with van der Waals surface area (Å²) in [6, 6.07) is 60.1. The third kappa shape index (κ3) is 4.12. The van der Waals surface area contributed by atoms with Crippen molar-refractivity contribution in [2.75, 3.05) is 0 Å². The maximum absolute atomic E-state index is 2.51. The number of hydrogen-bond acceptors (Lipinski definition) is 1. The molecule has 2 aliphatic carbocycles. The lowest BCUT2D eigenvalue weighted by Gasteiger charge is -2.22. The van der Waals surface area contributed by atoms with Gasteiger partial charge in [-0.1, -0.05) is 155 Å². The van der Waals surface area contributed by atoms with Crippen molar-refractivity contribution in [3.8, 4) is 44.5 Å². The summed E-state index contributed by atoms with van der Waals surface area (Å²) in [5, 5.41) is 10.6. The van der Waals surface area contributed by atoms with E-state index in [2.05, 4.69) is 185 Å². The summed E-state index contributed by atoms with van der Waals surface area (Å²) in [4.78, 5) is 0. The maximum atomic E-state index is 2.51. The molecule has 0 amide bonds. The molecule has 0 saturated heterocycles. The molecule has 0 saturated carbocycles. The molecule has 0 aliphatic heterocycles. The molecule has 0 unspecified atom stereocenters. The lowest BCUT2D eigenvalue weighted by atomic mass is 9.81. The van der Waals surface area contributed by atoms with Crippen LogP contribution in [0.5, 0.6) is 0 Å². The smallest absolute Gasteiger partial charge is 0.0361 e. The van der Waals surface area contributed by atoms with Crippen molar-refractivity contribution >= 4 is 63.8 Å². The van der Waals surface area contributed by atoms with Gasteiger partial charge in [-0.15, -0.1) is 11.3 Å². The van der Waals surface area contributed by atoms with E-state index in [4.69, 9.17) is 0 Å². The fraction of sp³-hybridized carbons (Fsp3) is 0.111. The fourth-order valence-corrected chi connectivity index (χ4v) is 11.7. The van der Waals surface area contributed by atoms with E-state index in [0.717, 1.165) is 0 Å². The Labute approximate surface area is 325 Å². The van der Waals surface area contributed by atoms with Gasteiger partial charge in [-0.3, -0.25) is 0 Å². The highest BCUT2D eigenvalue weighted by atomic mass is 32.1. The SMILES string of the molecule is CC1(C)c2ccccc2-c2cc(-c3c4ccccc4c(-c4ccc5c(c4)-c4cc6c(cc4C5(C)C)sc4ccc5ccccc5c46)c4ccccc34)ccc21. The van der Waals surface area contributed by atoms with Crippen LogP contribution in [0.3, 0.4) is 0 Å². The second kappa shape index (κ2) is 10.8. The van der Waals surface area contributed by atoms with E-state index < -0.39 is 0 Å². The first-order valence-electron chi connectivity index (χ1n) is 19.5. The summed E-state index contributed by atoms with van der Waals surface area (Å²) in [6.45, 7) is 9.53. The molecule has 0 bridgehead atoms. The molecule has 1 heteroatoms. The summed E-state index contributed by atoms with van der Waals surface area (Å²) < 4.78 is 2.73. The van der Waals surface area contributed by atoms with Gasteiger partial charge < -0.3 is 0 Å². The van der Waals surface area contributed by atoms with E-state index in [9.17, 15) is 0 Å². The second-order valence-corrected chi connectivity index (χ2v) is 17.9. The molecular weight excluding hydrogens is 681 g/mol. The van der Waals surface area contributed by atoms with Crippen molar-refractivity contribution in [2.24, 2.45) is 0 Å². The van der Waals surface area contributed by atoms with Gasteiger partial charge in [-0.25, -0.2) is 0 Å². The lowest BCUT2D eigenvalue weighted by molar-refractivity contribution is 0.660. The zero-order valence-electron chi connectivity index (χ0n) is 31.4. The molecule has 55 heavy (non-hydrogen) atoms. The molecular formula is C54H38S. The van der Waals surface area contributed by atoms with Gasteiger partial charge in [-0.05, 0) is 129 Å². The molecule has 0 radical (unpaired) electrons. The number of rotatable bonds is 2. The van der Waals surface area contributed by atoms with Gasteiger partial charge in [0.25, 0.3) is 0 Å². The number of hydrogen-bond donors (Lipinski definition) is 0. The normalized spacial score (nSPS) is 14.8. The number of thiophene rings is 1. The molecule has 0 spiro atoms. The topological polar surface area (TPSA) is 0 Å². The Hall–Kier alpha value is -6.02. The zero-order chi connectivity index (χ0) is 36.8. The first kappa shape index (κ1) is 31.3. The van der Waals surface area contributed by atoms with Crippen LogP contribution in [0.4, 0.5) is 0 Å². The van der Waals surface area contributed by atoms with Crippen LogP contribution in [0, 0.1) is 0 Å². The van der Waals surface area contributed by atoms with E-state index in [-0.39, 0.29) is 10.8 Å². The quantitative estimate of drug-likeness (QED) is 0.156. The van der Waals surface area contributed by atoms with Crippen LogP contribution in [0.1, 0.15) is 49.9 Å². The van der Waals surface area contributed by atoms with Crippen LogP contribution >= 0.6 is 11.3 Å². The Morgan fingerprint density at radius 3 is 1.47 bits per heavy atom. The molecule has 0 atom stereocenters. The molecule has 260 valence electrons. The van der Waals surface area contributed by atoms with Crippen LogP contribution in [0.25, 0.3) is 97.0 Å². The Balaban J connectivity index is 1.10. The Morgan fingerprint density at radius 2 is 0.836 bits per heavy atom. The molecule has 2 aliphatic rings. The van der Waals surface area contributed by atoms with Gasteiger partial charge in [0.05, 0.1) is 0 Å². The molecule has 0 N–H and O–H groups in total. The number of benzene rings is 9. The van der Waals surface area contributed by atoms with Crippen LogP contribution in [-0.2, 0) is 10.8 Å². The monoisotopic (exact) mass is 718 g/mol. The average molecular weight is 719 g/mol. The van der Waals surface area contributed by atoms with Crippen molar-refractivity contribution in [3.63, 3.8) is 0 Å². The van der Waals surface area contributed by atoms with Crippen LogP contribution < -0.4 is 0 Å². The van der Waals surface area contributed by atoms with Crippen LogP contribution in [0.15, 0.2) is 158 Å². The molecule has 0 fully saturated rings. The summed E-state index contributed by atoms with van der Waals surface area (Å²) >= 11 is 1.93. The molecule has 9 aromatic carbocycles. The van der Waals surface area contributed by atoms with Crippen molar-refractivity contribution in [1.82, 2.24) is 0 Å². The Kier molecular flexibility index (Phi) is 6.16. The maximum Gasteiger partial charge on any atom is 0.0361 e. The first-order chi connectivity index (χ1) is 26.8. The highest BCUT2D eigenvalue weighted by molar-refractivity contribution is 7.26. The standard InChI is InChI=1S/C54H38S/c1-53(2)44-20-12-11-15-35(44)40-27-32(21-24-45(40)53)50-36-16-7-9-18-38(36)51(39-19-10-8-17-37(39)50)33-22-25-46-41(28-33)42-29-43-49(30-47(42)54(46,3)4)55-48-26-23-31-13-5-6-14-34(31)52(43)48/h5-30H,1-4H3. The van der Waals surface area contributed by atoms with Gasteiger partial charge in [0.1, 0.15) is 0 Å². The summed E-state index contributed by atoms with van der Waals surface area (Å²) in [5.74, 6) is 0. The van der Waals surface area contributed by atoms with E-state index in [1.54, 1.807) is 0 Å². The largest absolute Gasteiger partial charge is 0.135 e. The van der Waals surface area contributed by atoms with Crippen LogP contribution in [-0.4, -0.2) is 0 Å². The van der Waals surface area contributed by atoms with Crippen LogP contribution in [0.2, 0.25) is 0 Å². The summed E-state index contributed by atoms with van der Waals surface area (Å²) in [5.41, 5.74) is 16.1. The summed E-state index contributed by atoms with van der Waals surface area (Å²) in [6.07, 6.45) is 0. The Bertz CT molecular complexity index is 3260. The van der Waals surface area contributed by atoms with E-state index in [0.29, 0.717) is 0 Å². The predicted octanol–water partition coefficient (Wildman–Crippen LogP) is 15.5. The fourth-order valence-electron chi connectivity index (χ4n) is 10.6. The van der Waals surface area contributed by atoms with Crippen molar-refractivity contribution < 1.29 is 0 Å². The minimum Gasteiger partial charge on any atom is -0.135 e. The van der Waals surface area contributed by atoms with Crippen molar-refractivity contribution in [2.45, 2.75) is 38.5 Å². The van der Waals surface area contributed by atoms with E-state index in [1.165, 1.54) is 119 Å². The molecule has 0 nitrogen and oxygen atoms in total. The van der Waals surface area contributed by atoms with E-state index >= 15 is 0 Å². The van der Waals surface area contributed by atoms with Gasteiger partial charge in [0.2, 0.25) is 0 Å². The first-order valence-corrected chi connectivity index (χ1v) is 20.3. The molecule has 12 rings (SSSR count). The number of fused-ring (bicyclic) bond motifs is 13. The molecule has 10 aromatic rings. The van der Waals surface area contributed by atoms with Crippen molar-refractivity contribution in [3.05, 3.63) is 180 Å². The molecule has 1 aromatic heterocycles. The third-order valence-corrected chi connectivity index (χ3v) is 14.4.